The molecule has 2 aromatic heterocycles. The van der Waals surface area contributed by atoms with Crippen molar-refractivity contribution in [3.8, 4) is 5.75 Å². The first kappa shape index (κ1) is 31.9. The number of carbonyl (C=O) groups is 3. The summed E-state index contributed by atoms with van der Waals surface area (Å²) in [5, 5.41) is 6.35. The van der Waals surface area contributed by atoms with E-state index < -0.39 is 47.6 Å². The quantitative estimate of drug-likeness (QED) is 0.269. The average molecular weight is 666 g/mol. The summed E-state index contributed by atoms with van der Waals surface area (Å²) >= 11 is 6.44. The average Bonchev–Trinajstić information content (AvgIpc) is 3.29. The van der Waals surface area contributed by atoms with E-state index in [2.05, 4.69) is 20.6 Å². The summed E-state index contributed by atoms with van der Waals surface area (Å²) < 4.78 is 37.9. The fourth-order valence-electron chi connectivity index (χ4n) is 5.87. The summed E-state index contributed by atoms with van der Waals surface area (Å²) in [6, 6.07) is 13.0. The number of pyridine rings is 1. The molecule has 2 aromatic carbocycles. The third kappa shape index (κ3) is 5.84. The predicted octanol–water partition coefficient (Wildman–Crippen LogP) is 3.85. The molecule has 2 aliphatic rings. The zero-order chi connectivity index (χ0) is 33.6. The van der Waals surface area contributed by atoms with Crippen molar-refractivity contribution >= 4 is 57.7 Å². The second-order valence-electron chi connectivity index (χ2n) is 11.5. The lowest BCUT2D eigenvalue weighted by Gasteiger charge is -2.43. The molecule has 15 heteroatoms. The SMILES string of the molecule is CNC(=O)COc1cc2cc(Nc3nc(N4C[C@@H](CN5C(=O)c6ccccc6C5=O)C(F)(F)[C@@H](C)C4)ncc3Cl)ccc2n(C)c1=O. The molecule has 1 fully saturated rings. The van der Waals surface area contributed by atoms with Gasteiger partial charge in [-0.15, -0.1) is 0 Å². The fraction of sp³-hybridized carbons (Fsp3) is 0.312. The molecule has 1 saturated heterocycles. The molecular weight excluding hydrogens is 636 g/mol. The standard InChI is InChI=1S/C32H30ClF2N7O5/c1-17-13-41(14-19(32(17,34)35)15-42-28(44)21-6-4-5-7-22(21)29(42)45)31-37-12-23(33)27(39-31)38-20-8-9-24-18(10-20)11-25(30(46)40(24)3)47-16-26(43)36-2/h4-12,17,19H,13-16H2,1-3H3,(H,36,43)(H,37,38,39)/t17-,19-/m0/s1. The van der Waals surface area contributed by atoms with E-state index in [9.17, 15) is 19.2 Å². The molecule has 0 spiro atoms. The Morgan fingerprint density at radius 2 is 1.79 bits per heavy atom. The first-order valence-corrected chi connectivity index (χ1v) is 15.1. The molecule has 2 N–H and O–H groups in total. The van der Waals surface area contributed by atoms with Crippen LogP contribution >= 0.6 is 11.6 Å². The molecule has 0 unspecified atom stereocenters. The predicted molar refractivity (Wildman–Crippen MR) is 171 cm³/mol. The van der Waals surface area contributed by atoms with Crippen LogP contribution in [0.2, 0.25) is 5.02 Å². The number of carbonyl (C=O) groups excluding carboxylic acids is 3. The van der Waals surface area contributed by atoms with Crippen LogP contribution in [0.15, 0.2) is 59.5 Å². The van der Waals surface area contributed by atoms with E-state index in [4.69, 9.17) is 16.3 Å². The number of likely N-dealkylation sites (N-methyl/N-ethyl adjacent to an activating group) is 1. The van der Waals surface area contributed by atoms with Crippen LogP contribution in [0, 0.1) is 11.8 Å². The Labute approximate surface area is 272 Å². The number of fused-ring (bicyclic) bond motifs is 2. The van der Waals surface area contributed by atoms with Gasteiger partial charge in [0.15, 0.2) is 18.2 Å². The van der Waals surface area contributed by atoms with Crippen LogP contribution in [-0.2, 0) is 11.8 Å². The number of nitrogens with zero attached hydrogens (tertiary/aromatic N) is 5. The van der Waals surface area contributed by atoms with Gasteiger partial charge in [0.05, 0.1) is 28.8 Å². The Morgan fingerprint density at radius 3 is 2.47 bits per heavy atom. The first-order valence-electron chi connectivity index (χ1n) is 14.7. The maximum absolute atomic E-state index is 15.5. The number of aryl methyl sites for hydroxylation is 1. The third-order valence-electron chi connectivity index (χ3n) is 8.52. The summed E-state index contributed by atoms with van der Waals surface area (Å²) in [5.74, 6) is -6.93. The Hall–Kier alpha value is -5.11. The highest BCUT2D eigenvalue weighted by molar-refractivity contribution is 6.33. The lowest BCUT2D eigenvalue weighted by atomic mass is 9.85. The van der Waals surface area contributed by atoms with Crippen molar-refractivity contribution in [3.05, 3.63) is 81.2 Å². The van der Waals surface area contributed by atoms with Crippen LogP contribution in [0.1, 0.15) is 27.6 Å². The van der Waals surface area contributed by atoms with E-state index in [-0.39, 0.29) is 53.4 Å². The highest BCUT2D eigenvalue weighted by atomic mass is 35.5. The molecule has 4 heterocycles. The minimum absolute atomic E-state index is 0.00473. The van der Waals surface area contributed by atoms with Gasteiger partial charge in [-0.3, -0.25) is 24.1 Å². The van der Waals surface area contributed by atoms with Gasteiger partial charge in [0, 0.05) is 50.7 Å². The first-order chi connectivity index (χ1) is 22.4. The minimum Gasteiger partial charge on any atom is -0.478 e. The normalized spacial score (nSPS) is 18.8. The zero-order valence-corrected chi connectivity index (χ0v) is 26.3. The van der Waals surface area contributed by atoms with Crippen LogP contribution in [-0.4, -0.2) is 76.4 Å². The fourth-order valence-corrected chi connectivity index (χ4v) is 6.01. The largest absolute Gasteiger partial charge is 0.478 e. The smallest absolute Gasteiger partial charge is 0.293 e. The summed E-state index contributed by atoms with van der Waals surface area (Å²) in [6.07, 6.45) is 1.36. The molecule has 0 saturated carbocycles. The molecule has 47 heavy (non-hydrogen) atoms. The van der Waals surface area contributed by atoms with Crippen molar-refractivity contribution in [1.29, 1.82) is 0 Å². The number of alkyl halides is 2. The van der Waals surface area contributed by atoms with Crippen molar-refractivity contribution in [1.82, 2.24) is 24.8 Å². The summed E-state index contributed by atoms with van der Waals surface area (Å²) in [7, 11) is 3.05. The maximum Gasteiger partial charge on any atom is 0.293 e. The van der Waals surface area contributed by atoms with E-state index in [1.54, 1.807) is 42.3 Å². The Morgan fingerprint density at radius 1 is 1.09 bits per heavy atom. The van der Waals surface area contributed by atoms with Gasteiger partial charge in [-0.25, -0.2) is 13.8 Å². The van der Waals surface area contributed by atoms with Gasteiger partial charge in [-0.2, -0.15) is 4.98 Å². The molecule has 2 atom stereocenters. The number of nitrogens with one attached hydrogen (secondary N) is 2. The molecule has 12 nitrogen and oxygen atoms in total. The lowest BCUT2D eigenvalue weighted by molar-refractivity contribution is -0.122. The molecule has 0 radical (unpaired) electrons. The second kappa shape index (κ2) is 12.2. The van der Waals surface area contributed by atoms with Crippen molar-refractivity contribution in [3.63, 3.8) is 0 Å². The van der Waals surface area contributed by atoms with E-state index in [0.717, 1.165) is 4.90 Å². The summed E-state index contributed by atoms with van der Waals surface area (Å²) in [4.78, 5) is 61.6. The topological polar surface area (TPSA) is 139 Å². The van der Waals surface area contributed by atoms with Gasteiger partial charge in [0.1, 0.15) is 5.02 Å². The number of halogens is 3. The number of imide groups is 1. The lowest BCUT2D eigenvalue weighted by Crippen LogP contribution is -2.56. The van der Waals surface area contributed by atoms with Gasteiger partial charge in [0.2, 0.25) is 5.95 Å². The van der Waals surface area contributed by atoms with Crippen LogP contribution in [0.5, 0.6) is 5.75 Å². The van der Waals surface area contributed by atoms with Gasteiger partial charge in [-0.05, 0) is 36.4 Å². The van der Waals surface area contributed by atoms with E-state index in [1.165, 1.54) is 42.9 Å². The second-order valence-corrected chi connectivity index (χ2v) is 12.0. The van der Waals surface area contributed by atoms with E-state index in [1.807, 2.05) is 0 Å². The number of amides is 3. The van der Waals surface area contributed by atoms with E-state index in [0.29, 0.717) is 16.6 Å². The molecule has 2 aliphatic heterocycles. The number of piperidine rings is 1. The molecule has 3 amide bonds. The number of benzene rings is 2. The monoisotopic (exact) mass is 665 g/mol. The Kier molecular flexibility index (Phi) is 8.30. The Bertz CT molecular complexity index is 1950. The minimum atomic E-state index is -3.17. The summed E-state index contributed by atoms with van der Waals surface area (Å²) in [5.41, 5.74) is 1.13. The Balaban J connectivity index is 1.24. The number of hydrogen-bond acceptors (Lipinski definition) is 9. The molecular formula is C32H30ClF2N7O5. The van der Waals surface area contributed by atoms with Crippen molar-refractivity contribution in [2.75, 3.05) is 43.5 Å². The van der Waals surface area contributed by atoms with Crippen LogP contribution in [0.4, 0.5) is 26.2 Å². The zero-order valence-electron chi connectivity index (χ0n) is 25.6. The van der Waals surface area contributed by atoms with Crippen LogP contribution in [0.3, 0.4) is 0 Å². The van der Waals surface area contributed by atoms with Crippen molar-refractivity contribution in [2.24, 2.45) is 18.9 Å². The van der Waals surface area contributed by atoms with Crippen molar-refractivity contribution in [2.45, 2.75) is 12.8 Å². The number of hydrogen-bond donors (Lipinski definition) is 2. The molecule has 6 rings (SSSR count). The van der Waals surface area contributed by atoms with Gasteiger partial charge < -0.3 is 24.8 Å². The van der Waals surface area contributed by atoms with Gasteiger partial charge in [0.25, 0.3) is 29.2 Å². The highest BCUT2D eigenvalue weighted by Crippen LogP contribution is 2.40. The summed E-state index contributed by atoms with van der Waals surface area (Å²) in [6.45, 7) is 0.331. The molecule has 4 aromatic rings. The molecule has 0 bridgehead atoms. The number of anilines is 3. The van der Waals surface area contributed by atoms with Crippen LogP contribution < -0.4 is 25.8 Å². The van der Waals surface area contributed by atoms with Crippen molar-refractivity contribution < 1.29 is 27.9 Å². The highest BCUT2D eigenvalue weighted by Gasteiger charge is 2.52. The maximum atomic E-state index is 15.5. The van der Waals surface area contributed by atoms with Crippen LogP contribution in [0.25, 0.3) is 10.9 Å². The molecule has 0 aliphatic carbocycles. The molecule has 244 valence electrons. The number of ether oxygens (including phenoxy) is 1. The number of aromatic nitrogens is 3. The number of rotatable bonds is 8. The van der Waals surface area contributed by atoms with Gasteiger partial charge >= 0.3 is 0 Å². The van der Waals surface area contributed by atoms with Gasteiger partial charge in [-0.1, -0.05) is 30.7 Å². The third-order valence-corrected chi connectivity index (χ3v) is 8.80. The van der Waals surface area contributed by atoms with E-state index >= 15 is 8.78 Å².